The first kappa shape index (κ1) is 34.4. The summed E-state index contributed by atoms with van der Waals surface area (Å²) < 4.78 is 17.0. The largest absolute Gasteiger partial charge is 0.481 e. The van der Waals surface area contributed by atoms with Crippen molar-refractivity contribution in [1.29, 1.82) is 0 Å². The molecule has 1 N–H and O–H groups in total. The zero-order chi connectivity index (χ0) is 33.4. The maximum Gasteiger partial charge on any atom is 0.314 e. The van der Waals surface area contributed by atoms with Gasteiger partial charge < -0.3 is 19.3 Å². The Balaban J connectivity index is 1.42. The number of ether oxygens (including phenoxy) is 3. The summed E-state index contributed by atoms with van der Waals surface area (Å²) in [5.74, 6) is 0.531. The lowest BCUT2D eigenvalue weighted by molar-refractivity contribution is -0.251. The number of fused-ring (bicyclic) bond motifs is 7. The molecule has 7 heteroatoms. The van der Waals surface area contributed by atoms with Crippen molar-refractivity contribution in [3.63, 3.8) is 0 Å². The summed E-state index contributed by atoms with van der Waals surface area (Å²) >= 11 is 0. The van der Waals surface area contributed by atoms with E-state index in [4.69, 9.17) is 14.2 Å². The van der Waals surface area contributed by atoms with Crippen molar-refractivity contribution in [2.45, 2.75) is 132 Å². The van der Waals surface area contributed by atoms with Crippen LogP contribution in [0.2, 0.25) is 0 Å². The lowest BCUT2D eigenvalue weighted by atomic mass is 9.32. The Hall–Kier alpha value is -1.89. The maximum absolute atomic E-state index is 13.8. The molecular formula is C38H60O7. The maximum atomic E-state index is 13.8. The predicted octanol–water partition coefficient (Wildman–Crippen LogP) is 8.20. The molecule has 0 amide bonds. The third kappa shape index (κ3) is 5.03. The van der Waals surface area contributed by atoms with Crippen LogP contribution in [0.25, 0.3) is 0 Å². The van der Waals surface area contributed by atoms with Gasteiger partial charge in [-0.3, -0.25) is 14.4 Å². The summed E-state index contributed by atoms with van der Waals surface area (Å²) in [6, 6.07) is 0. The minimum atomic E-state index is -1.15. The van der Waals surface area contributed by atoms with Crippen LogP contribution in [0.4, 0.5) is 0 Å². The number of aliphatic carboxylic acids is 1. The van der Waals surface area contributed by atoms with Crippen molar-refractivity contribution in [3.8, 4) is 0 Å². The number of carboxylic acids is 1. The van der Waals surface area contributed by atoms with Gasteiger partial charge in [0, 0.05) is 12.5 Å². The number of carboxylic acid groups (broad SMARTS) is 1. The highest BCUT2D eigenvalue weighted by Crippen LogP contribution is 2.77. The second kappa shape index (κ2) is 11.4. The normalized spacial score (nSPS) is 43.6. The molecule has 5 saturated carbocycles. The average Bonchev–Trinajstić information content (AvgIpc) is 3.34. The van der Waals surface area contributed by atoms with Crippen LogP contribution < -0.4 is 0 Å². The van der Waals surface area contributed by atoms with E-state index in [0.29, 0.717) is 23.7 Å². The summed E-state index contributed by atoms with van der Waals surface area (Å²) in [7, 11) is 1.57. The molecule has 0 bridgehead atoms. The lowest BCUT2D eigenvalue weighted by Crippen LogP contribution is -2.67. The van der Waals surface area contributed by atoms with Crippen LogP contribution in [0.1, 0.15) is 126 Å². The van der Waals surface area contributed by atoms with Gasteiger partial charge in [0.25, 0.3) is 0 Å². The third-order valence-corrected chi connectivity index (χ3v) is 15.2. The van der Waals surface area contributed by atoms with E-state index in [-0.39, 0.29) is 52.9 Å². The average molecular weight is 629 g/mol. The summed E-state index contributed by atoms with van der Waals surface area (Å²) in [4.78, 5) is 38.5. The van der Waals surface area contributed by atoms with E-state index < -0.39 is 22.8 Å². The van der Waals surface area contributed by atoms with E-state index in [0.717, 1.165) is 64.2 Å². The zero-order valence-electron chi connectivity index (χ0n) is 29.6. The molecule has 0 radical (unpaired) electrons. The fraction of sp³-hybridized carbons (Fsp3) is 0.868. The van der Waals surface area contributed by atoms with Crippen LogP contribution in [0.3, 0.4) is 0 Å². The van der Waals surface area contributed by atoms with Crippen molar-refractivity contribution < 1.29 is 33.7 Å². The van der Waals surface area contributed by atoms with Crippen LogP contribution >= 0.6 is 0 Å². The van der Waals surface area contributed by atoms with E-state index in [2.05, 4.69) is 48.1 Å². The van der Waals surface area contributed by atoms with Gasteiger partial charge in [-0.15, -0.1) is 0 Å². The van der Waals surface area contributed by atoms with Gasteiger partial charge in [-0.25, -0.2) is 0 Å². The van der Waals surface area contributed by atoms with Crippen molar-refractivity contribution in [2.24, 2.45) is 62.1 Å². The zero-order valence-corrected chi connectivity index (χ0v) is 29.6. The van der Waals surface area contributed by atoms with Crippen molar-refractivity contribution in [1.82, 2.24) is 0 Å². The number of allylic oxidation sites excluding steroid dienone is 1. The Morgan fingerprint density at radius 3 is 2.18 bits per heavy atom. The van der Waals surface area contributed by atoms with Crippen LogP contribution in [0, 0.1) is 62.1 Å². The van der Waals surface area contributed by atoms with Gasteiger partial charge in [0.2, 0.25) is 0 Å². The Bertz CT molecular complexity index is 1220. The number of esters is 2. The first-order valence-electron chi connectivity index (χ1n) is 17.6. The van der Waals surface area contributed by atoms with Crippen molar-refractivity contribution in [3.05, 3.63) is 12.2 Å². The number of carbonyl (C=O) groups excluding carboxylic acids is 2. The van der Waals surface area contributed by atoms with E-state index in [1.54, 1.807) is 21.0 Å². The second-order valence-electron chi connectivity index (χ2n) is 17.9. The van der Waals surface area contributed by atoms with Crippen molar-refractivity contribution in [2.75, 3.05) is 13.9 Å². The topological polar surface area (TPSA) is 99.1 Å². The number of rotatable bonds is 8. The van der Waals surface area contributed by atoms with Crippen LogP contribution in [0.15, 0.2) is 12.2 Å². The molecule has 0 saturated heterocycles. The lowest BCUT2D eigenvalue weighted by Gasteiger charge is -2.72. The molecule has 0 spiro atoms. The molecule has 5 fully saturated rings. The van der Waals surface area contributed by atoms with Gasteiger partial charge in [-0.2, -0.15) is 0 Å². The van der Waals surface area contributed by atoms with Crippen LogP contribution in [0.5, 0.6) is 0 Å². The molecule has 0 unspecified atom stereocenters. The molecule has 7 nitrogen and oxygen atoms in total. The molecule has 5 rings (SSSR count). The molecule has 0 aromatic carbocycles. The Morgan fingerprint density at radius 1 is 0.867 bits per heavy atom. The third-order valence-electron chi connectivity index (χ3n) is 15.2. The smallest absolute Gasteiger partial charge is 0.314 e. The first-order chi connectivity index (χ1) is 20.8. The highest BCUT2D eigenvalue weighted by atomic mass is 16.7. The van der Waals surface area contributed by atoms with E-state index in [1.165, 1.54) is 5.57 Å². The SMILES string of the molecule is C=C(C)[C@@H]1CC[C@]2(C(=O)OCOC)CC[C@]3(C)[C@H](CC[C@@H]4[C@@]5(C)CC[C@H](OC(=O)CC(C)(C)C(=O)O)C(C)(C)[C@@H]5CC[C@]43C)[C@@H]12. The molecule has 5 aliphatic rings. The van der Waals surface area contributed by atoms with Gasteiger partial charge >= 0.3 is 17.9 Å². The van der Waals surface area contributed by atoms with E-state index >= 15 is 0 Å². The van der Waals surface area contributed by atoms with E-state index in [9.17, 15) is 19.5 Å². The quantitative estimate of drug-likeness (QED) is 0.164. The van der Waals surface area contributed by atoms with Crippen LogP contribution in [-0.4, -0.2) is 43.0 Å². The fourth-order valence-corrected chi connectivity index (χ4v) is 12.6. The van der Waals surface area contributed by atoms with Gasteiger partial charge in [0.15, 0.2) is 6.79 Å². The highest BCUT2D eigenvalue weighted by molar-refractivity contribution is 5.81. The molecule has 0 aliphatic heterocycles. The number of carbonyl (C=O) groups is 3. The molecule has 45 heavy (non-hydrogen) atoms. The van der Waals surface area contributed by atoms with Gasteiger partial charge in [-0.1, -0.05) is 46.8 Å². The van der Waals surface area contributed by atoms with Gasteiger partial charge in [0.05, 0.1) is 17.3 Å². The Morgan fingerprint density at radius 2 is 1.56 bits per heavy atom. The fourth-order valence-electron chi connectivity index (χ4n) is 12.6. The Labute approximate surface area is 271 Å². The number of methoxy groups -OCH3 is 1. The van der Waals surface area contributed by atoms with Crippen LogP contribution in [-0.2, 0) is 28.6 Å². The monoisotopic (exact) mass is 628 g/mol. The predicted molar refractivity (Wildman–Crippen MR) is 173 cm³/mol. The standard InChI is InChI=1S/C38H60O7/c1-23(2)24-13-18-38(32(42)44-22-43-10)20-19-36(8)25(30(24)38)11-12-27-35(7)16-15-28(45-29(39)21-33(3,4)31(40)41)34(5,6)26(35)14-17-37(27,36)9/h24-28,30H,1,11-22H2,2-10H3,(H,40,41)/t24-,25+,26-,27+,28-,30+,35-,36+,37+,38-/m0/s1. The molecule has 0 aromatic heterocycles. The van der Waals surface area contributed by atoms with E-state index in [1.807, 2.05) is 0 Å². The first-order valence-corrected chi connectivity index (χ1v) is 17.6. The summed E-state index contributed by atoms with van der Waals surface area (Å²) in [6.07, 6.45) is 9.76. The minimum absolute atomic E-state index is 0.00984. The minimum Gasteiger partial charge on any atom is -0.481 e. The molecular weight excluding hydrogens is 568 g/mol. The Kier molecular flexibility index (Phi) is 8.70. The van der Waals surface area contributed by atoms with Gasteiger partial charge in [0.1, 0.15) is 6.10 Å². The second-order valence-corrected chi connectivity index (χ2v) is 17.9. The summed E-state index contributed by atoms with van der Waals surface area (Å²) in [5, 5.41) is 9.55. The molecule has 254 valence electrons. The van der Waals surface area contributed by atoms with Gasteiger partial charge in [-0.05, 0) is 131 Å². The van der Waals surface area contributed by atoms with Crippen molar-refractivity contribution >= 4 is 17.9 Å². The molecule has 5 aliphatic carbocycles. The summed E-state index contributed by atoms with van der Waals surface area (Å²) in [5.41, 5.74) is -0.247. The highest BCUT2D eigenvalue weighted by Gasteiger charge is 2.72. The molecule has 0 heterocycles. The number of hydrogen-bond donors (Lipinski definition) is 1. The molecule has 0 aromatic rings. The number of hydrogen-bond acceptors (Lipinski definition) is 6. The summed E-state index contributed by atoms with van der Waals surface area (Å²) in [6.45, 7) is 22.0. The molecule has 10 atom stereocenters.